The second-order valence-corrected chi connectivity index (χ2v) is 10.7. The van der Waals surface area contributed by atoms with Crippen molar-refractivity contribution < 1.29 is 18.0 Å². The van der Waals surface area contributed by atoms with Crippen molar-refractivity contribution in [3.63, 3.8) is 0 Å². The zero-order chi connectivity index (χ0) is 26.7. The molecule has 1 atom stereocenters. The van der Waals surface area contributed by atoms with Gasteiger partial charge in [-0.15, -0.1) is 0 Å². The van der Waals surface area contributed by atoms with E-state index in [2.05, 4.69) is 16.3 Å². The number of H-pyrrole nitrogens is 1. The minimum Gasteiger partial charge on any atom is -0.342 e. The predicted molar refractivity (Wildman–Crippen MR) is 143 cm³/mol. The monoisotopic (exact) mass is 529 g/mol. The summed E-state index contributed by atoms with van der Waals surface area (Å²) in [6, 6.07) is 17.8. The lowest BCUT2D eigenvalue weighted by molar-refractivity contribution is -0.137. The molecule has 39 heavy (non-hydrogen) atoms. The maximum absolute atomic E-state index is 13.6. The van der Waals surface area contributed by atoms with E-state index < -0.39 is 11.7 Å². The number of rotatable bonds is 5. The maximum Gasteiger partial charge on any atom is 0.416 e. The van der Waals surface area contributed by atoms with Gasteiger partial charge in [-0.2, -0.15) is 18.3 Å². The maximum atomic E-state index is 13.6. The summed E-state index contributed by atoms with van der Waals surface area (Å²) < 4.78 is 42.7. The van der Waals surface area contributed by atoms with Gasteiger partial charge in [-0.3, -0.25) is 9.89 Å². The molecule has 1 saturated heterocycles. The van der Waals surface area contributed by atoms with E-state index in [-0.39, 0.29) is 17.7 Å². The fourth-order valence-electron chi connectivity index (χ4n) is 5.67. The second-order valence-electron chi connectivity index (χ2n) is 10.7. The molecule has 6 nitrogen and oxygen atoms in total. The normalized spacial score (nSPS) is 17.9. The summed E-state index contributed by atoms with van der Waals surface area (Å²) in [5.41, 5.74) is 4.16. The number of benzene rings is 3. The number of aromatic nitrogens is 4. The molecule has 2 aliphatic rings. The quantitative estimate of drug-likeness (QED) is 0.282. The lowest BCUT2D eigenvalue weighted by Crippen LogP contribution is -2.30. The fraction of sp³-hybridized carbons (Fsp3) is 0.300. The van der Waals surface area contributed by atoms with Crippen LogP contribution in [0.1, 0.15) is 24.8 Å². The van der Waals surface area contributed by atoms with Gasteiger partial charge in [-0.25, -0.2) is 4.98 Å². The molecule has 9 heteroatoms. The first-order valence-corrected chi connectivity index (χ1v) is 13.2. The lowest BCUT2D eigenvalue weighted by Gasteiger charge is -2.18. The molecule has 1 unspecified atom stereocenters. The first-order chi connectivity index (χ1) is 18.8. The van der Waals surface area contributed by atoms with Crippen LogP contribution in [-0.4, -0.2) is 43.6 Å². The molecule has 3 aromatic carbocycles. The summed E-state index contributed by atoms with van der Waals surface area (Å²) in [5, 5.41) is 8.05. The van der Waals surface area contributed by atoms with Gasteiger partial charge >= 0.3 is 6.18 Å². The molecule has 2 aromatic heterocycles. The number of fused-ring (bicyclic) bond motifs is 2. The number of alkyl halides is 3. The number of halogens is 3. The Morgan fingerprint density at radius 3 is 2.49 bits per heavy atom. The Morgan fingerprint density at radius 1 is 0.949 bits per heavy atom. The van der Waals surface area contributed by atoms with Gasteiger partial charge in [0.2, 0.25) is 5.91 Å². The summed E-state index contributed by atoms with van der Waals surface area (Å²) in [5.74, 6) is 1.17. The number of nitrogens with one attached hydrogen (secondary N) is 1. The number of aromatic amines is 1. The number of carbonyl (C=O) groups excluding carboxylic acids is 1. The number of carbonyl (C=O) groups is 1. The fourth-order valence-corrected chi connectivity index (χ4v) is 5.67. The van der Waals surface area contributed by atoms with Gasteiger partial charge in [-0.1, -0.05) is 30.3 Å². The van der Waals surface area contributed by atoms with Crippen molar-refractivity contribution in [3.05, 3.63) is 72.4 Å². The molecule has 198 valence electrons. The summed E-state index contributed by atoms with van der Waals surface area (Å²) in [4.78, 5) is 19.3. The van der Waals surface area contributed by atoms with Gasteiger partial charge in [0, 0.05) is 36.5 Å². The van der Waals surface area contributed by atoms with Crippen molar-refractivity contribution in [3.8, 4) is 22.5 Å². The number of amides is 1. The van der Waals surface area contributed by atoms with Crippen LogP contribution in [-0.2, 0) is 17.5 Å². The van der Waals surface area contributed by atoms with E-state index in [1.165, 1.54) is 12.1 Å². The minimum atomic E-state index is -4.44. The summed E-state index contributed by atoms with van der Waals surface area (Å²) in [6.45, 7) is 1.83. The molecule has 0 bridgehead atoms. The molecule has 1 aliphatic heterocycles. The standard InChI is InChI=1S/C30H26F3N5O/c31-30(32,33)24-8-10-26-27(14-24)38(17-18-11-12-37(16-18)29(39)21-5-6-21)28(35-26)20-3-1-19(2-4-20)22-7-9-25-23(13-22)15-34-36-25/h1-4,7-10,13-15,18,21H,5-6,11-12,16-17H2,(H,34,36). The van der Waals surface area contributed by atoms with Crippen molar-refractivity contribution >= 4 is 27.8 Å². The Labute approximate surface area is 222 Å². The lowest BCUT2D eigenvalue weighted by atomic mass is 10.0. The van der Waals surface area contributed by atoms with Crippen molar-refractivity contribution in [2.75, 3.05) is 13.1 Å². The third-order valence-electron chi connectivity index (χ3n) is 7.96. The number of hydrogen-bond donors (Lipinski definition) is 1. The molecule has 0 radical (unpaired) electrons. The highest BCUT2D eigenvalue weighted by atomic mass is 19.4. The van der Waals surface area contributed by atoms with Gasteiger partial charge in [0.05, 0.1) is 28.3 Å². The molecule has 2 fully saturated rings. The number of nitrogens with zero attached hydrogens (tertiary/aromatic N) is 4. The average molecular weight is 530 g/mol. The van der Waals surface area contributed by atoms with Crippen LogP contribution >= 0.6 is 0 Å². The van der Waals surface area contributed by atoms with Gasteiger partial charge in [0.15, 0.2) is 0 Å². The predicted octanol–water partition coefficient (Wildman–Crippen LogP) is 6.52. The Bertz CT molecular complexity index is 1700. The van der Waals surface area contributed by atoms with Crippen molar-refractivity contribution in [1.82, 2.24) is 24.6 Å². The van der Waals surface area contributed by atoms with Crippen LogP contribution in [0, 0.1) is 11.8 Å². The Balaban J connectivity index is 1.24. The van der Waals surface area contributed by atoms with Crippen LogP contribution in [0.25, 0.3) is 44.5 Å². The number of likely N-dealkylation sites (tertiary alicyclic amines) is 1. The van der Waals surface area contributed by atoms with Crippen molar-refractivity contribution in [2.24, 2.45) is 11.8 Å². The number of hydrogen-bond acceptors (Lipinski definition) is 3. The van der Waals surface area contributed by atoms with Gasteiger partial charge in [0.25, 0.3) is 0 Å². The zero-order valence-electron chi connectivity index (χ0n) is 21.1. The number of imidazole rings is 1. The average Bonchev–Trinajstić information content (AvgIpc) is 3.33. The van der Waals surface area contributed by atoms with Gasteiger partial charge < -0.3 is 9.47 Å². The molecule has 1 N–H and O–H groups in total. The van der Waals surface area contributed by atoms with E-state index in [0.717, 1.165) is 52.9 Å². The summed E-state index contributed by atoms with van der Waals surface area (Å²) >= 11 is 0. The van der Waals surface area contributed by atoms with E-state index in [0.29, 0.717) is 36.5 Å². The van der Waals surface area contributed by atoms with Crippen LogP contribution in [0.5, 0.6) is 0 Å². The molecule has 0 spiro atoms. The molecule has 3 heterocycles. The van der Waals surface area contributed by atoms with Crippen LogP contribution in [0.15, 0.2) is 66.9 Å². The summed E-state index contributed by atoms with van der Waals surface area (Å²) in [7, 11) is 0. The second kappa shape index (κ2) is 8.97. The Hall–Kier alpha value is -4.14. The molecule has 1 amide bonds. The molecule has 5 aromatic rings. The molecule has 7 rings (SSSR count). The zero-order valence-corrected chi connectivity index (χ0v) is 21.1. The highest BCUT2D eigenvalue weighted by Crippen LogP contribution is 2.36. The molecule has 1 saturated carbocycles. The third-order valence-corrected chi connectivity index (χ3v) is 7.96. The van der Waals surface area contributed by atoms with Crippen LogP contribution in [0.4, 0.5) is 13.2 Å². The van der Waals surface area contributed by atoms with E-state index >= 15 is 0 Å². The highest BCUT2D eigenvalue weighted by molar-refractivity contribution is 5.85. The van der Waals surface area contributed by atoms with Crippen LogP contribution in [0.2, 0.25) is 0 Å². The molecular weight excluding hydrogens is 503 g/mol. The van der Waals surface area contributed by atoms with E-state index in [1.54, 1.807) is 6.20 Å². The first-order valence-electron chi connectivity index (χ1n) is 13.2. The smallest absolute Gasteiger partial charge is 0.342 e. The molecular formula is C30H26F3N5O. The minimum absolute atomic E-state index is 0.152. The van der Waals surface area contributed by atoms with E-state index in [1.807, 2.05) is 45.9 Å². The van der Waals surface area contributed by atoms with E-state index in [4.69, 9.17) is 4.98 Å². The van der Waals surface area contributed by atoms with Crippen LogP contribution in [0.3, 0.4) is 0 Å². The Kier molecular flexibility index (Phi) is 5.50. The SMILES string of the molecule is O=C(C1CC1)N1CCC(Cn2c(-c3ccc(-c4ccc5[nH]ncc5c4)cc3)nc3ccc(C(F)(F)F)cc32)C1. The van der Waals surface area contributed by atoms with Gasteiger partial charge in [0.1, 0.15) is 5.82 Å². The molecule has 1 aliphatic carbocycles. The highest BCUT2D eigenvalue weighted by Gasteiger charge is 2.37. The first kappa shape index (κ1) is 23.9. The van der Waals surface area contributed by atoms with Crippen molar-refractivity contribution in [2.45, 2.75) is 32.0 Å². The van der Waals surface area contributed by atoms with Gasteiger partial charge in [-0.05, 0) is 66.6 Å². The van der Waals surface area contributed by atoms with Crippen molar-refractivity contribution in [1.29, 1.82) is 0 Å². The van der Waals surface area contributed by atoms with Crippen LogP contribution < -0.4 is 0 Å². The topological polar surface area (TPSA) is 66.8 Å². The largest absolute Gasteiger partial charge is 0.416 e. The third kappa shape index (κ3) is 4.45. The van der Waals surface area contributed by atoms with E-state index in [9.17, 15) is 18.0 Å². The summed E-state index contributed by atoms with van der Waals surface area (Å²) in [6.07, 6.45) is 0.0893. The Morgan fingerprint density at radius 2 is 1.72 bits per heavy atom.